The van der Waals surface area contributed by atoms with E-state index in [0.717, 1.165) is 6.07 Å². The Morgan fingerprint density at radius 3 is 2.42 bits per heavy atom. The molecular formula is C18H11Cl4FO3. The molecule has 3 unspecified atom stereocenters. The first kappa shape index (κ1) is 19.4. The molecule has 0 fully saturated rings. The molecule has 0 saturated heterocycles. The van der Waals surface area contributed by atoms with E-state index in [1.54, 1.807) is 6.08 Å². The molecule has 0 bridgehead atoms. The predicted molar refractivity (Wildman–Crippen MR) is 99.6 cm³/mol. The molecule has 0 heterocycles. The lowest BCUT2D eigenvalue weighted by Gasteiger charge is -2.49. The molecule has 3 rings (SSSR count). The summed E-state index contributed by atoms with van der Waals surface area (Å²) in [7, 11) is 0. The number of aromatic hydroxyl groups is 1. The summed E-state index contributed by atoms with van der Waals surface area (Å²) in [5.41, 5.74) is 0.389. The number of carbonyl (C=O) groups is 2. The average molecular weight is 436 g/mol. The Bertz CT molecular complexity index is 923. The first-order valence-corrected chi connectivity index (χ1v) is 8.95. The standard InChI is InChI=1S/C18H11Cl4FO3/c1-2-8-6-7-17(21)15(25)12(19)13(20)16(26)18(17,22)11(8)9-4-3-5-10(23)14(9)24/h2-6,11,24H,1,7H2. The summed E-state index contributed by atoms with van der Waals surface area (Å²) in [6, 6.07) is 3.78. The number of halogens is 5. The van der Waals surface area contributed by atoms with Crippen molar-refractivity contribution in [3.8, 4) is 5.75 Å². The summed E-state index contributed by atoms with van der Waals surface area (Å²) in [6.45, 7) is 3.67. The zero-order chi connectivity index (χ0) is 19.4. The molecule has 3 atom stereocenters. The summed E-state index contributed by atoms with van der Waals surface area (Å²) in [5.74, 6) is -4.46. The van der Waals surface area contributed by atoms with Crippen molar-refractivity contribution in [2.75, 3.05) is 0 Å². The van der Waals surface area contributed by atoms with Crippen molar-refractivity contribution in [3.05, 3.63) is 63.9 Å². The van der Waals surface area contributed by atoms with Gasteiger partial charge in [0.25, 0.3) is 0 Å². The van der Waals surface area contributed by atoms with Crippen molar-refractivity contribution in [2.24, 2.45) is 0 Å². The van der Waals surface area contributed by atoms with Gasteiger partial charge in [0.05, 0.1) is 0 Å². The quantitative estimate of drug-likeness (QED) is 0.670. The van der Waals surface area contributed by atoms with E-state index in [-0.39, 0.29) is 12.0 Å². The van der Waals surface area contributed by atoms with Gasteiger partial charge in [0, 0.05) is 11.5 Å². The maximum Gasteiger partial charge on any atom is 0.199 e. The van der Waals surface area contributed by atoms with Crippen LogP contribution in [0.5, 0.6) is 5.75 Å². The van der Waals surface area contributed by atoms with E-state index >= 15 is 0 Å². The molecule has 0 spiro atoms. The number of alkyl halides is 2. The average Bonchev–Trinajstić information content (AvgIpc) is 2.63. The molecule has 8 heteroatoms. The molecular weight excluding hydrogens is 425 g/mol. The van der Waals surface area contributed by atoms with Gasteiger partial charge in [-0.25, -0.2) is 4.39 Å². The van der Waals surface area contributed by atoms with Crippen LogP contribution in [0.3, 0.4) is 0 Å². The van der Waals surface area contributed by atoms with E-state index in [0.29, 0.717) is 5.57 Å². The van der Waals surface area contributed by atoms with Crippen molar-refractivity contribution in [3.63, 3.8) is 0 Å². The molecule has 26 heavy (non-hydrogen) atoms. The van der Waals surface area contributed by atoms with Gasteiger partial charge in [-0.2, -0.15) is 0 Å². The summed E-state index contributed by atoms with van der Waals surface area (Å²) >= 11 is 25.1. The minimum absolute atomic E-state index is 0.0143. The van der Waals surface area contributed by atoms with Crippen molar-refractivity contribution < 1.29 is 19.1 Å². The highest BCUT2D eigenvalue weighted by Gasteiger charge is 2.68. The van der Waals surface area contributed by atoms with Crippen LogP contribution in [-0.4, -0.2) is 26.4 Å². The van der Waals surface area contributed by atoms with Crippen LogP contribution < -0.4 is 0 Å². The third kappa shape index (κ3) is 2.32. The minimum Gasteiger partial charge on any atom is -0.505 e. The van der Waals surface area contributed by atoms with Gasteiger partial charge in [-0.3, -0.25) is 9.59 Å². The maximum absolute atomic E-state index is 13.9. The maximum atomic E-state index is 13.9. The Labute approximate surface area is 168 Å². The van der Waals surface area contributed by atoms with Crippen LogP contribution in [0.2, 0.25) is 0 Å². The van der Waals surface area contributed by atoms with E-state index in [1.807, 2.05) is 0 Å². The SMILES string of the molecule is C=CC1=CCC2(Cl)C(=O)C(Cl)=C(Cl)C(=O)C2(Cl)C1c1cccc(F)c1O. The smallest absolute Gasteiger partial charge is 0.199 e. The van der Waals surface area contributed by atoms with Crippen LogP contribution in [0.25, 0.3) is 0 Å². The van der Waals surface area contributed by atoms with E-state index in [2.05, 4.69) is 6.58 Å². The number of carbonyl (C=O) groups excluding carboxylic acids is 2. The lowest BCUT2D eigenvalue weighted by atomic mass is 9.62. The largest absolute Gasteiger partial charge is 0.505 e. The summed E-state index contributed by atoms with van der Waals surface area (Å²) in [6.07, 6.45) is 2.85. The van der Waals surface area contributed by atoms with Gasteiger partial charge in [0.15, 0.2) is 23.1 Å². The Hall–Kier alpha value is -1.33. The third-order valence-corrected chi connectivity index (χ3v) is 7.02. The number of hydrogen-bond donors (Lipinski definition) is 1. The second kappa shape index (κ2) is 6.38. The van der Waals surface area contributed by atoms with Crippen LogP contribution in [0.4, 0.5) is 4.39 Å². The predicted octanol–water partition coefficient (Wildman–Crippen LogP) is 4.93. The number of ketones is 2. The molecule has 0 aromatic heterocycles. The lowest BCUT2D eigenvalue weighted by molar-refractivity contribution is -0.127. The van der Waals surface area contributed by atoms with Gasteiger partial charge >= 0.3 is 0 Å². The highest BCUT2D eigenvalue weighted by Crippen LogP contribution is 2.60. The minimum atomic E-state index is -2.12. The molecule has 1 aromatic carbocycles. The first-order chi connectivity index (χ1) is 12.1. The van der Waals surface area contributed by atoms with Crippen LogP contribution in [0.15, 0.2) is 52.6 Å². The molecule has 0 amide bonds. The summed E-state index contributed by atoms with van der Waals surface area (Å²) in [5, 5.41) is 9.17. The third-order valence-electron chi connectivity index (χ3n) is 4.77. The van der Waals surface area contributed by atoms with E-state index in [1.165, 1.54) is 18.2 Å². The number of hydrogen-bond acceptors (Lipinski definition) is 3. The molecule has 3 nitrogen and oxygen atoms in total. The van der Waals surface area contributed by atoms with Crippen molar-refractivity contribution in [1.29, 1.82) is 0 Å². The second-order valence-electron chi connectivity index (χ2n) is 6.02. The fraction of sp³-hybridized carbons (Fsp3) is 0.222. The van der Waals surface area contributed by atoms with Crippen LogP contribution in [-0.2, 0) is 9.59 Å². The Kier molecular flexibility index (Phi) is 4.77. The number of rotatable bonds is 2. The number of fused-ring (bicyclic) bond motifs is 1. The number of benzene rings is 1. The lowest BCUT2D eigenvalue weighted by Crippen LogP contribution is -2.64. The van der Waals surface area contributed by atoms with Crippen LogP contribution in [0.1, 0.15) is 17.9 Å². The van der Waals surface area contributed by atoms with Gasteiger partial charge in [0.1, 0.15) is 19.8 Å². The molecule has 1 N–H and O–H groups in total. The monoisotopic (exact) mass is 434 g/mol. The number of Topliss-reactive ketones (excluding diaryl/α,β-unsaturated/α-hetero) is 2. The van der Waals surface area contributed by atoms with Gasteiger partial charge < -0.3 is 5.11 Å². The number of phenols is 1. The number of phenolic OH excluding ortho intramolecular Hbond substituents is 1. The fourth-order valence-corrected chi connectivity index (χ4v) is 4.89. The zero-order valence-corrected chi connectivity index (χ0v) is 16.1. The van der Waals surface area contributed by atoms with Crippen LogP contribution in [0, 0.1) is 5.82 Å². The van der Waals surface area contributed by atoms with E-state index in [9.17, 15) is 19.1 Å². The molecule has 2 aliphatic carbocycles. The number of para-hydroxylation sites is 1. The number of allylic oxidation sites excluding steroid dienone is 5. The molecule has 0 saturated carbocycles. The Morgan fingerprint density at radius 1 is 1.19 bits per heavy atom. The van der Waals surface area contributed by atoms with Crippen LogP contribution >= 0.6 is 46.4 Å². The van der Waals surface area contributed by atoms with E-state index in [4.69, 9.17) is 46.4 Å². The highest BCUT2D eigenvalue weighted by atomic mass is 35.5. The normalized spacial score (nSPS) is 31.6. The van der Waals surface area contributed by atoms with Gasteiger partial charge in [-0.15, -0.1) is 23.2 Å². The van der Waals surface area contributed by atoms with Crippen molar-refractivity contribution in [1.82, 2.24) is 0 Å². The molecule has 0 radical (unpaired) electrons. The second-order valence-corrected chi connectivity index (χ2v) is 8.02. The fourth-order valence-electron chi connectivity index (χ4n) is 3.45. The summed E-state index contributed by atoms with van der Waals surface area (Å²) < 4.78 is 13.9. The molecule has 2 aliphatic rings. The van der Waals surface area contributed by atoms with Crippen molar-refractivity contribution in [2.45, 2.75) is 22.1 Å². The molecule has 0 aliphatic heterocycles. The van der Waals surface area contributed by atoms with Crippen molar-refractivity contribution >= 4 is 58.0 Å². The van der Waals surface area contributed by atoms with Gasteiger partial charge in [0.2, 0.25) is 0 Å². The first-order valence-electron chi connectivity index (χ1n) is 7.43. The topological polar surface area (TPSA) is 54.4 Å². The Balaban J connectivity index is 2.38. The zero-order valence-electron chi connectivity index (χ0n) is 13.0. The van der Waals surface area contributed by atoms with Gasteiger partial charge in [-0.1, -0.05) is 54.1 Å². The molecule has 1 aromatic rings. The van der Waals surface area contributed by atoms with Gasteiger partial charge in [-0.05, 0) is 18.1 Å². The van der Waals surface area contributed by atoms with E-state index < -0.39 is 48.9 Å². The summed E-state index contributed by atoms with van der Waals surface area (Å²) in [4.78, 5) is 21.7. The Morgan fingerprint density at radius 2 is 1.81 bits per heavy atom. The highest BCUT2D eigenvalue weighted by molar-refractivity contribution is 6.66. The molecule has 136 valence electrons.